The maximum atomic E-state index is 12.6. The minimum atomic E-state index is -0.687. The van der Waals surface area contributed by atoms with Crippen molar-refractivity contribution < 1.29 is 14.6 Å². The number of methoxy groups -OCH3 is 1. The molecule has 0 bridgehead atoms. The second kappa shape index (κ2) is 6.98. The first-order valence-electron chi connectivity index (χ1n) is 7.85. The van der Waals surface area contributed by atoms with Crippen LogP contribution in [-0.4, -0.2) is 63.4 Å². The molecule has 0 radical (unpaired) electrons. The number of benzene rings is 1. The molecule has 128 valence electrons. The Bertz CT molecular complexity index is 684. The molecule has 0 aliphatic carbocycles. The van der Waals surface area contributed by atoms with Crippen LogP contribution in [0.3, 0.4) is 0 Å². The molecule has 2 N–H and O–H groups in total. The molecule has 1 fully saturated rings. The lowest BCUT2D eigenvalue weighted by atomic mass is 9.93. The fourth-order valence-corrected chi connectivity index (χ4v) is 2.90. The molecule has 2 heterocycles. The number of carbonyl (C=O) groups is 1. The molecule has 1 unspecified atom stereocenters. The molecule has 1 aliphatic rings. The molecule has 1 aromatic heterocycles. The number of hydrogen-bond donors (Lipinski definition) is 2. The molecule has 1 saturated heterocycles. The van der Waals surface area contributed by atoms with E-state index in [4.69, 9.17) is 4.74 Å². The maximum Gasteiger partial charge on any atom is 0.323 e. The van der Waals surface area contributed by atoms with E-state index in [9.17, 15) is 9.90 Å². The van der Waals surface area contributed by atoms with Crippen LogP contribution in [0.2, 0.25) is 0 Å². The summed E-state index contributed by atoms with van der Waals surface area (Å²) >= 11 is 0. The van der Waals surface area contributed by atoms with Crippen LogP contribution in [0.5, 0.6) is 0 Å². The van der Waals surface area contributed by atoms with Gasteiger partial charge >= 0.3 is 6.03 Å². The summed E-state index contributed by atoms with van der Waals surface area (Å²) in [5.41, 5.74) is 0.124. The highest BCUT2D eigenvalue weighted by Crippen LogP contribution is 2.24. The van der Waals surface area contributed by atoms with E-state index in [2.05, 4.69) is 15.6 Å². The number of nitrogens with zero attached hydrogens (tertiary/aromatic N) is 4. The number of carbonyl (C=O) groups excluding carboxylic acids is 1. The topological polar surface area (TPSA) is 92.5 Å². The monoisotopic (exact) mass is 331 g/mol. The zero-order chi connectivity index (χ0) is 17.0. The predicted molar refractivity (Wildman–Crippen MR) is 88.0 cm³/mol. The summed E-state index contributed by atoms with van der Waals surface area (Å²) in [7, 11) is 1.56. The lowest BCUT2D eigenvalue weighted by molar-refractivity contribution is -0.0858. The van der Waals surface area contributed by atoms with Gasteiger partial charge in [0.05, 0.1) is 25.0 Å². The zero-order valence-electron chi connectivity index (χ0n) is 13.6. The van der Waals surface area contributed by atoms with Gasteiger partial charge in [-0.05, 0) is 25.0 Å². The quantitative estimate of drug-likeness (QED) is 0.880. The number of anilines is 1. The van der Waals surface area contributed by atoms with Crippen LogP contribution >= 0.6 is 0 Å². The summed E-state index contributed by atoms with van der Waals surface area (Å²) < 4.78 is 7.00. The van der Waals surface area contributed by atoms with E-state index in [1.165, 1.54) is 6.20 Å². The number of piperidine rings is 1. The van der Waals surface area contributed by atoms with Crippen molar-refractivity contribution in [2.45, 2.75) is 18.4 Å². The normalized spacial score (nSPS) is 20.8. The third-order valence-corrected chi connectivity index (χ3v) is 4.33. The number of urea groups is 1. The Labute approximate surface area is 140 Å². The van der Waals surface area contributed by atoms with Gasteiger partial charge in [-0.3, -0.25) is 5.32 Å². The first-order valence-corrected chi connectivity index (χ1v) is 7.85. The van der Waals surface area contributed by atoms with Crippen molar-refractivity contribution in [3.05, 3.63) is 36.5 Å². The lowest BCUT2D eigenvalue weighted by Crippen LogP contribution is -2.54. The van der Waals surface area contributed by atoms with Crippen LogP contribution in [0.25, 0.3) is 5.69 Å². The van der Waals surface area contributed by atoms with Gasteiger partial charge in [0.15, 0.2) is 5.82 Å². The number of likely N-dealkylation sites (tertiary alicyclic amines) is 1. The highest BCUT2D eigenvalue weighted by Gasteiger charge is 2.37. The lowest BCUT2D eigenvalue weighted by Gasteiger charge is -2.40. The maximum absolute atomic E-state index is 12.6. The van der Waals surface area contributed by atoms with Gasteiger partial charge in [-0.15, -0.1) is 5.10 Å². The minimum Gasteiger partial charge on any atom is -0.393 e. The molecule has 2 amide bonds. The molecule has 1 aliphatic heterocycles. The first-order chi connectivity index (χ1) is 11.7. The van der Waals surface area contributed by atoms with Crippen LogP contribution in [0.15, 0.2) is 36.5 Å². The van der Waals surface area contributed by atoms with E-state index < -0.39 is 5.60 Å². The van der Waals surface area contributed by atoms with Gasteiger partial charge in [0, 0.05) is 13.7 Å². The smallest absolute Gasteiger partial charge is 0.323 e. The molecule has 2 aromatic rings. The Morgan fingerprint density at radius 1 is 1.42 bits per heavy atom. The molecule has 3 rings (SSSR count). The van der Waals surface area contributed by atoms with Gasteiger partial charge < -0.3 is 14.7 Å². The Hall–Kier alpha value is -2.45. The van der Waals surface area contributed by atoms with Gasteiger partial charge in [-0.2, -0.15) is 4.68 Å². The molecule has 24 heavy (non-hydrogen) atoms. The molecular weight excluding hydrogens is 310 g/mol. The van der Waals surface area contributed by atoms with E-state index in [-0.39, 0.29) is 12.6 Å². The molecule has 8 heteroatoms. The van der Waals surface area contributed by atoms with Crippen molar-refractivity contribution in [3.8, 4) is 5.69 Å². The van der Waals surface area contributed by atoms with Crippen LogP contribution in [0.1, 0.15) is 12.8 Å². The summed E-state index contributed by atoms with van der Waals surface area (Å²) in [6.07, 6.45) is 3.01. The number of ether oxygens (including phenoxy) is 1. The third kappa shape index (κ3) is 3.24. The van der Waals surface area contributed by atoms with Crippen LogP contribution in [0.4, 0.5) is 10.6 Å². The number of amides is 2. The molecule has 1 aromatic carbocycles. The van der Waals surface area contributed by atoms with Gasteiger partial charge in [0.1, 0.15) is 5.60 Å². The van der Waals surface area contributed by atoms with Crippen LogP contribution in [-0.2, 0) is 4.74 Å². The van der Waals surface area contributed by atoms with Gasteiger partial charge in [-0.1, -0.05) is 23.4 Å². The van der Waals surface area contributed by atoms with Gasteiger partial charge in [0.25, 0.3) is 0 Å². The summed E-state index contributed by atoms with van der Waals surface area (Å²) in [6, 6.07) is 9.19. The Balaban J connectivity index is 1.73. The molecule has 1 atom stereocenters. The van der Waals surface area contributed by atoms with Crippen molar-refractivity contribution in [1.29, 1.82) is 0 Å². The fourth-order valence-electron chi connectivity index (χ4n) is 2.90. The Morgan fingerprint density at radius 2 is 2.21 bits per heavy atom. The summed E-state index contributed by atoms with van der Waals surface area (Å²) in [5.74, 6) is 0.490. The minimum absolute atomic E-state index is 0.114. The largest absolute Gasteiger partial charge is 0.393 e. The number of aliphatic hydroxyl groups excluding tert-OH is 1. The fraction of sp³-hybridized carbons (Fsp3) is 0.438. The summed E-state index contributed by atoms with van der Waals surface area (Å²) in [5, 5.41) is 20.3. The Morgan fingerprint density at radius 3 is 2.92 bits per heavy atom. The van der Waals surface area contributed by atoms with Crippen molar-refractivity contribution in [3.63, 3.8) is 0 Å². The third-order valence-electron chi connectivity index (χ3n) is 4.33. The van der Waals surface area contributed by atoms with Crippen molar-refractivity contribution in [2.75, 3.05) is 32.1 Å². The SMILES string of the molecule is COC1(CO)CCCN(C(=O)Nc2cnnn2-c2ccccc2)C1. The van der Waals surface area contributed by atoms with Crippen molar-refractivity contribution in [2.24, 2.45) is 0 Å². The number of aliphatic hydroxyl groups is 1. The van der Waals surface area contributed by atoms with E-state index in [1.807, 2.05) is 30.3 Å². The summed E-state index contributed by atoms with van der Waals surface area (Å²) in [4.78, 5) is 14.2. The van der Waals surface area contributed by atoms with E-state index in [0.717, 1.165) is 18.5 Å². The second-order valence-corrected chi connectivity index (χ2v) is 5.87. The van der Waals surface area contributed by atoms with Crippen LogP contribution < -0.4 is 5.32 Å². The number of hydrogen-bond acceptors (Lipinski definition) is 5. The number of aromatic nitrogens is 3. The molecule has 8 nitrogen and oxygen atoms in total. The Kier molecular flexibility index (Phi) is 4.77. The summed E-state index contributed by atoms with van der Waals surface area (Å²) in [6.45, 7) is 0.847. The zero-order valence-corrected chi connectivity index (χ0v) is 13.6. The average Bonchev–Trinajstić information content (AvgIpc) is 3.10. The van der Waals surface area contributed by atoms with Crippen LogP contribution in [0, 0.1) is 0 Å². The number of rotatable bonds is 4. The predicted octanol–water partition coefficient (Wildman–Crippen LogP) is 1.27. The number of nitrogens with one attached hydrogen (secondary N) is 1. The molecular formula is C16H21N5O3. The second-order valence-electron chi connectivity index (χ2n) is 5.87. The highest BCUT2D eigenvalue weighted by atomic mass is 16.5. The number of para-hydroxylation sites is 1. The standard InChI is InChI=1S/C16H21N5O3/c1-24-16(12-22)8-5-9-20(11-16)15(23)18-14-10-17-19-21(14)13-6-3-2-4-7-13/h2-4,6-7,10,22H,5,8-9,11-12H2,1H3,(H,18,23). The van der Waals surface area contributed by atoms with Gasteiger partial charge in [-0.25, -0.2) is 4.79 Å². The molecule has 0 saturated carbocycles. The van der Waals surface area contributed by atoms with E-state index in [0.29, 0.717) is 18.9 Å². The molecule has 0 spiro atoms. The van der Waals surface area contributed by atoms with Gasteiger partial charge in [0.2, 0.25) is 0 Å². The van der Waals surface area contributed by atoms with E-state index >= 15 is 0 Å². The van der Waals surface area contributed by atoms with E-state index in [1.54, 1.807) is 16.7 Å². The highest BCUT2D eigenvalue weighted by molar-refractivity contribution is 5.88. The van der Waals surface area contributed by atoms with Crippen molar-refractivity contribution >= 4 is 11.8 Å². The van der Waals surface area contributed by atoms with Crippen molar-refractivity contribution in [1.82, 2.24) is 19.9 Å². The first kappa shape index (κ1) is 16.4. The average molecular weight is 331 g/mol.